The molecule has 1 aliphatic rings. The molecule has 0 saturated carbocycles. The van der Waals surface area contributed by atoms with Gasteiger partial charge in [-0.2, -0.15) is 4.98 Å². The molecule has 4 rings (SSSR count). The number of rotatable bonds is 3. The van der Waals surface area contributed by atoms with Crippen molar-refractivity contribution in [3.8, 4) is 11.6 Å². The fourth-order valence-electron chi connectivity index (χ4n) is 3.37. The zero-order valence-electron chi connectivity index (χ0n) is 14.9. The number of fused-ring (bicyclic) bond motifs is 2. The minimum absolute atomic E-state index is 0.218. The normalized spacial score (nSPS) is 18.5. The third kappa shape index (κ3) is 3.14. The van der Waals surface area contributed by atoms with E-state index in [1.165, 1.54) is 24.1 Å². The zero-order valence-corrected chi connectivity index (χ0v) is 14.9. The van der Waals surface area contributed by atoms with Gasteiger partial charge >= 0.3 is 6.09 Å². The molecular formula is C18H17N5O5. The van der Waals surface area contributed by atoms with Crippen LogP contribution in [0.1, 0.15) is 11.3 Å². The second kappa shape index (κ2) is 6.89. The molecule has 2 atom stereocenters. The van der Waals surface area contributed by atoms with E-state index in [1.54, 1.807) is 18.2 Å². The molecule has 28 heavy (non-hydrogen) atoms. The Balaban J connectivity index is 1.80. The maximum absolute atomic E-state index is 12.5. The number of aliphatic hydroxyl groups excluding tert-OH is 1. The highest BCUT2D eigenvalue weighted by molar-refractivity contribution is 5.72. The predicted molar refractivity (Wildman–Crippen MR) is 97.8 cm³/mol. The van der Waals surface area contributed by atoms with Gasteiger partial charge in [0.2, 0.25) is 5.88 Å². The molecule has 3 aromatic rings. The van der Waals surface area contributed by atoms with E-state index in [2.05, 4.69) is 20.3 Å². The van der Waals surface area contributed by atoms with Crippen LogP contribution in [0, 0.1) is 0 Å². The third-order valence-corrected chi connectivity index (χ3v) is 4.70. The molecule has 0 radical (unpaired) electrons. The number of aromatic nitrogens is 4. The van der Waals surface area contributed by atoms with Crippen LogP contribution in [0.15, 0.2) is 35.4 Å². The third-order valence-electron chi connectivity index (χ3n) is 4.70. The van der Waals surface area contributed by atoms with Gasteiger partial charge in [0.15, 0.2) is 5.65 Å². The van der Waals surface area contributed by atoms with Gasteiger partial charge in [0.05, 0.1) is 37.3 Å². The van der Waals surface area contributed by atoms with Crippen LogP contribution >= 0.6 is 0 Å². The Labute approximate surface area is 158 Å². The van der Waals surface area contributed by atoms with E-state index in [-0.39, 0.29) is 18.4 Å². The molecule has 0 spiro atoms. The van der Waals surface area contributed by atoms with Gasteiger partial charge in [-0.3, -0.25) is 14.3 Å². The summed E-state index contributed by atoms with van der Waals surface area (Å²) in [6, 6.07) is 4.49. The van der Waals surface area contributed by atoms with E-state index in [0.717, 1.165) is 5.56 Å². The van der Waals surface area contributed by atoms with Gasteiger partial charge in [0.1, 0.15) is 5.52 Å². The van der Waals surface area contributed by atoms with Crippen molar-refractivity contribution < 1.29 is 19.7 Å². The molecule has 0 saturated heterocycles. The van der Waals surface area contributed by atoms with Crippen LogP contribution in [0.4, 0.5) is 4.79 Å². The Bertz CT molecular complexity index is 1130. The second-order valence-electron chi connectivity index (χ2n) is 6.46. The van der Waals surface area contributed by atoms with Crippen LogP contribution in [-0.4, -0.2) is 55.1 Å². The van der Waals surface area contributed by atoms with Gasteiger partial charge in [0, 0.05) is 24.6 Å². The minimum atomic E-state index is -1.20. The first-order chi connectivity index (χ1) is 13.5. The first-order valence-corrected chi connectivity index (χ1v) is 8.55. The standard InChI is InChI=1S/C18H17N5O5/c1-28-15-3-2-11-17(22-15)23(16(25)8-20-11)10-4-9-5-14(24)13(21-18(26)27)6-12(9)19-7-10/h2-4,7-8,13-14,21,24H,5-6H2,1H3,(H,26,27). The number of hydrogen-bond acceptors (Lipinski definition) is 7. The van der Waals surface area contributed by atoms with Crippen molar-refractivity contribution in [3.05, 3.63) is 52.2 Å². The molecule has 3 heterocycles. The molecule has 0 aromatic carbocycles. The molecule has 0 fully saturated rings. The highest BCUT2D eigenvalue weighted by Gasteiger charge is 2.29. The lowest BCUT2D eigenvalue weighted by Gasteiger charge is -2.29. The number of ether oxygens (including phenoxy) is 1. The van der Waals surface area contributed by atoms with Gasteiger partial charge in [0.25, 0.3) is 5.56 Å². The Morgan fingerprint density at radius 3 is 2.86 bits per heavy atom. The average Bonchev–Trinajstić information content (AvgIpc) is 2.67. The largest absolute Gasteiger partial charge is 0.481 e. The van der Waals surface area contributed by atoms with Crippen LogP contribution in [0.25, 0.3) is 16.9 Å². The van der Waals surface area contributed by atoms with Crippen molar-refractivity contribution in [1.29, 1.82) is 0 Å². The van der Waals surface area contributed by atoms with Crippen molar-refractivity contribution in [3.63, 3.8) is 0 Å². The predicted octanol–water partition coefficient (Wildman–Crippen LogP) is 0.280. The van der Waals surface area contributed by atoms with E-state index < -0.39 is 18.2 Å². The molecular weight excluding hydrogens is 366 g/mol. The summed E-state index contributed by atoms with van der Waals surface area (Å²) in [5, 5.41) is 21.5. The molecule has 144 valence electrons. The van der Waals surface area contributed by atoms with Gasteiger partial charge in [-0.15, -0.1) is 0 Å². The van der Waals surface area contributed by atoms with Gasteiger partial charge < -0.3 is 20.3 Å². The van der Waals surface area contributed by atoms with Crippen LogP contribution < -0.4 is 15.6 Å². The summed E-state index contributed by atoms with van der Waals surface area (Å²) in [4.78, 5) is 36.2. The van der Waals surface area contributed by atoms with Crippen LogP contribution in [0.3, 0.4) is 0 Å². The SMILES string of the molecule is COc1ccc2ncc(=O)n(-c3cnc4c(c3)CC(O)C(NC(=O)O)C4)c2n1. The number of carboxylic acid groups (broad SMARTS) is 1. The van der Waals surface area contributed by atoms with E-state index in [4.69, 9.17) is 9.84 Å². The van der Waals surface area contributed by atoms with Gasteiger partial charge in [-0.25, -0.2) is 9.78 Å². The minimum Gasteiger partial charge on any atom is -0.481 e. The number of hydrogen-bond donors (Lipinski definition) is 3. The lowest BCUT2D eigenvalue weighted by Crippen LogP contribution is -2.47. The van der Waals surface area contributed by atoms with E-state index >= 15 is 0 Å². The number of methoxy groups -OCH3 is 1. The molecule has 10 heteroatoms. The van der Waals surface area contributed by atoms with Gasteiger partial charge in [-0.1, -0.05) is 0 Å². The Morgan fingerprint density at radius 1 is 1.29 bits per heavy atom. The number of nitrogens with one attached hydrogen (secondary N) is 1. The lowest BCUT2D eigenvalue weighted by molar-refractivity contribution is 0.112. The molecule has 3 aromatic heterocycles. The Morgan fingerprint density at radius 2 is 2.11 bits per heavy atom. The van der Waals surface area contributed by atoms with Crippen molar-refractivity contribution in [1.82, 2.24) is 24.8 Å². The lowest BCUT2D eigenvalue weighted by atomic mass is 9.89. The summed E-state index contributed by atoms with van der Waals surface area (Å²) in [6.07, 6.45) is 1.13. The van der Waals surface area contributed by atoms with Crippen molar-refractivity contribution in [2.75, 3.05) is 7.11 Å². The van der Waals surface area contributed by atoms with Crippen LogP contribution in [0.2, 0.25) is 0 Å². The molecule has 0 aliphatic heterocycles. The first-order valence-electron chi connectivity index (χ1n) is 8.55. The molecule has 1 amide bonds. The summed E-state index contributed by atoms with van der Waals surface area (Å²) in [7, 11) is 1.48. The number of pyridine rings is 2. The summed E-state index contributed by atoms with van der Waals surface area (Å²) in [5.74, 6) is 0.345. The number of nitrogens with zero attached hydrogens (tertiary/aromatic N) is 4. The maximum atomic E-state index is 12.5. The first kappa shape index (κ1) is 17.9. The molecule has 0 bridgehead atoms. The van der Waals surface area contributed by atoms with Crippen LogP contribution in [0.5, 0.6) is 5.88 Å². The molecule has 10 nitrogen and oxygen atoms in total. The zero-order chi connectivity index (χ0) is 19.8. The second-order valence-corrected chi connectivity index (χ2v) is 6.46. The number of amides is 1. The summed E-state index contributed by atoms with van der Waals surface area (Å²) in [5.41, 5.74) is 2.36. The quantitative estimate of drug-likeness (QED) is 0.586. The van der Waals surface area contributed by atoms with Crippen molar-refractivity contribution >= 4 is 17.3 Å². The molecule has 1 aliphatic carbocycles. The fraction of sp³-hybridized carbons (Fsp3) is 0.278. The Hall–Kier alpha value is -3.53. The molecule has 2 unspecified atom stereocenters. The maximum Gasteiger partial charge on any atom is 0.404 e. The monoisotopic (exact) mass is 383 g/mol. The summed E-state index contributed by atoms with van der Waals surface area (Å²) in [6.45, 7) is 0. The van der Waals surface area contributed by atoms with Crippen molar-refractivity contribution in [2.45, 2.75) is 25.0 Å². The van der Waals surface area contributed by atoms with Crippen LogP contribution in [-0.2, 0) is 12.8 Å². The van der Waals surface area contributed by atoms with Gasteiger partial charge in [-0.05, 0) is 17.7 Å². The topological polar surface area (TPSA) is 139 Å². The fourth-order valence-corrected chi connectivity index (χ4v) is 3.37. The highest BCUT2D eigenvalue weighted by Crippen LogP contribution is 2.24. The summed E-state index contributed by atoms with van der Waals surface area (Å²) < 4.78 is 6.52. The van der Waals surface area contributed by atoms with E-state index in [9.17, 15) is 14.7 Å². The smallest absolute Gasteiger partial charge is 0.404 e. The highest BCUT2D eigenvalue weighted by atomic mass is 16.5. The van der Waals surface area contributed by atoms with Crippen molar-refractivity contribution in [2.24, 2.45) is 0 Å². The summed E-state index contributed by atoms with van der Waals surface area (Å²) >= 11 is 0. The average molecular weight is 383 g/mol. The molecule has 3 N–H and O–H groups in total. The van der Waals surface area contributed by atoms with E-state index in [0.29, 0.717) is 28.4 Å². The Kier molecular flexibility index (Phi) is 4.40. The van der Waals surface area contributed by atoms with E-state index in [1.807, 2.05) is 0 Å². The number of aliphatic hydroxyl groups is 1. The number of carbonyl (C=O) groups is 1.